The van der Waals surface area contributed by atoms with Crippen molar-refractivity contribution in [2.75, 3.05) is 6.67 Å². The maximum atomic E-state index is 3.38. The summed E-state index contributed by atoms with van der Waals surface area (Å²) in [6.07, 6.45) is 0. The molecule has 0 N–H and O–H groups in total. The van der Waals surface area contributed by atoms with Crippen molar-refractivity contribution in [3.05, 3.63) is 0 Å². The van der Waals surface area contributed by atoms with Gasteiger partial charge in [0, 0.05) is 0 Å². The maximum absolute atomic E-state index is 3.38. The Morgan fingerprint density at radius 2 is 1.50 bits per heavy atom. The molecule has 0 aromatic heterocycles. The Balaban J connectivity index is 0.000000250. The summed E-state index contributed by atoms with van der Waals surface area (Å²) in [4.78, 5) is 0. The molecule has 0 bridgehead atoms. The summed E-state index contributed by atoms with van der Waals surface area (Å²) >= 11 is 0. The van der Waals surface area contributed by atoms with E-state index in [1.165, 1.54) is 0 Å². The van der Waals surface area contributed by atoms with Crippen molar-refractivity contribution in [3.8, 4) is 0 Å². The second kappa shape index (κ2) is 3.20. The van der Waals surface area contributed by atoms with E-state index in [0.29, 0.717) is 6.67 Å². The first kappa shape index (κ1) is 6.00. The van der Waals surface area contributed by atoms with E-state index in [1.54, 1.807) is 0 Å². The van der Waals surface area contributed by atoms with Gasteiger partial charge >= 0.3 is 23.9 Å². The van der Waals surface area contributed by atoms with Crippen LogP contribution >= 0.6 is 0 Å². The molecule has 5 heteroatoms. The van der Waals surface area contributed by atoms with Crippen LogP contribution in [0.4, 0.5) is 0 Å². The monoisotopic (exact) mass is 192 g/mol. The van der Waals surface area contributed by atoms with Crippen LogP contribution in [0.25, 0.3) is 0 Å². The summed E-state index contributed by atoms with van der Waals surface area (Å²) in [7, 11) is 0. The van der Waals surface area contributed by atoms with Crippen molar-refractivity contribution in [3.63, 3.8) is 0 Å². The van der Waals surface area contributed by atoms with E-state index in [1.807, 2.05) is 0 Å². The van der Waals surface area contributed by atoms with Crippen LogP contribution in [-0.4, -0.2) is 30.6 Å². The van der Waals surface area contributed by atoms with Crippen molar-refractivity contribution >= 4 is 23.9 Å². The number of hydrogen-bond acceptors (Lipinski definition) is 4. The molecule has 0 amide bonds. The molecule has 0 spiro atoms. The van der Waals surface area contributed by atoms with Crippen LogP contribution in [0.3, 0.4) is 0 Å². The van der Waals surface area contributed by atoms with Gasteiger partial charge in [-0.15, -0.1) is 10.2 Å². The van der Waals surface area contributed by atoms with E-state index >= 15 is 0 Å². The topological polar surface area (TPSA) is 49.4 Å². The normalized spacial score (nSPS) is 14.7. The van der Waals surface area contributed by atoms with Gasteiger partial charge in [0.1, 0.15) is 0 Å². The predicted octanol–water partition coefficient (Wildman–Crippen LogP) is -0.139. The Hall–Kier alpha value is -0.00130. The summed E-state index contributed by atoms with van der Waals surface area (Å²) in [5.41, 5.74) is 0. The predicted molar refractivity (Wildman–Crippen MR) is 23.1 cm³/mol. The number of rotatable bonds is 0. The van der Waals surface area contributed by atoms with Crippen LogP contribution in [0.2, 0.25) is 0 Å². The van der Waals surface area contributed by atoms with Crippen molar-refractivity contribution in [1.29, 1.82) is 0 Å². The van der Waals surface area contributed by atoms with Crippen molar-refractivity contribution in [2.24, 2.45) is 20.7 Å². The Morgan fingerprint density at radius 1 is 1.00 bits per heavy atom. The van der Waals surface area contributed by atoms with Crippen LogP contribution < -0.4 is 0 Å². The minimum atomic E-state index is 0. The first-order valence-electron chi connectivity index (χ1n) is 1.23. The van der Waals surface area contributed by atoms with Gasteiger partial charge in [-0.2, -0.15) is 0 Å². The summed E-state index contributed by atoms with van der Waals surface area (Å²) in [5, 5.41) is 13.1. The number of nitrogens with zero attached hydrogens (tertiary/aromatic N) is 4. The van der Waals surface area contributed by atoms with E-state index in [-0.39, 0.29) is 23.9 Å². The summed E-state index contributed by atoms with van der Waals surface area (Å²) in [6.45, 7) is 0.417. The van der Waals surface area contributed by atoms with Gasteiger partial charge in [0.2, 0.25) is 0 Å². The summed E-state index contributed by atoms with van der Waals surface area (Å²) in [6, 6.07) is 0. The Morgan fingerprint density at radius 3 is 1.67 bits per heavy atom. The van der Waals surface area contributed by atoms with Crippen molar-refractivity contribution in [2.45, 2.75) is 0 Å². The molecule has 0 unspecified atom stereocenters. The molecule has 0 aromatic rings. The molecule has 2 radical (unpaired) electrons. The second-order valence-corrected chi connectivity index (χ2v) is 0.603. The fourth-order valence-electron chi connectivity index (χ4n) is 0.141. The van der Waals surface area contributed by atoms with Crippen LogP contribution in [0, 0.1) is 0 Å². The zero-order chi connectivity index (χ0) is 3.54. The van der Waals surface area contributed by atoms with Gasteiger partial charge in [0.25, 0.3) is 0 Å². The third-order valence-electron chi connectivity index (χ3n) is 0.293. The van der Waals surface area contributed by atoms with Gasteiger partial charge in [-0.05, 0) is 10.4 Å². The molecule has 32 valence electrons. The first-order chi connectivity index (χ1) is 2.50. The molecule has 0 aliphatic carbocycles. The van der Waals surface area contributed by atoms with Gasteiger partial charge < -0.3 is 0 Å². The van der Waals surface area contributed by atoms with Gasteiger partial charge in [0.15, 0.2) is 6.67 Å². The molecule has 1 heterocycles. The number of hydrogen-bond donors (Lipinski definition) is 0. The summed E-state index contributed by atoms with van der Waals surface area (Å²) in [5.74, 6) is 0. The molecule has 1 aliphatic rings. The van der Waals surface area contributed by atoms with E-state index in [2.05, 4.69) is 20.7 Å². The third-order valence-corrected chi connectivity index (χ3v) is 0.293. The molecular formula is CH4N4Sn. The molecule has 0 saturated heterocycles. The minimum absolute atomic E-state index is 0. The molecule has 1 aliphatic heterocycles. The van der Waals surface area contributed by atoms with E-state index in [0.717, 1.165) is 0 Å². The standard InChI is InChI=1S/CH2N4.Sn.2H/c1-2-4-5-3-1;;;/h1H2;;;. The van der Waals surface area contributed by atoms with Gasteiger partial charge in [-0.3, -0.25) is 0 Å². The first-order valence-corrected chi connectivity index (χ1v) is 1.23. The summed E-state index contributed by atoms with van der Waals surface area (Å²) < 4.78 is 0. The Kier molecular flexibility index (Phi) is 3.20. The molecule has 1 rings (SSSR count). The van der Waals surface area contributed by atoms with Gasteiger partial charge in [-0.1, -0.05) is 0 Å². The second-order valence-electron chi connectivity index (χ2n) is 0.603. The molecular weight excluding hydrogens is 187 g/mol. The average Bonchev–Trinajstić information content (AvgIpc) is 1.76. The molecule has 0 fully saturated rings. The molecule has 0 saturated carbocycles. The van der Waals surface area contributed by atoms with Crippen LogP contribution in [-0.2, 0) is 0 Å². The van der Waals surface area contributed by atoms with Gasteiger partial charge in [0.05, 0.1) is 0 Å². The Bertz CT molecular complexity index is 65.6. The van der Waals surface area contributed by atoms with Crippen molar-refractivity contribution < 1.29 is 0 Å². The SMILES string of the molecule is C1N=NN=N1.[SnH2]. The average molecular weight is 191 g/mol. The fourth-order valence-corrected chi connectivity index (χ4v) is 0.141. The zero-order valence-electron chi connectivity index (χ0n) is 3.20. The van der Waals surface area contributed by atoms with Crippen LogP contribution in [0.1, 0.15) is 0 Å². The molecule has 0 atom stereocenters. The van der Waals surface area contributed by atoms with Crippen LogP contribution in [0.15, 0.2) is 20.7 Å². The molecule has 6 heavy (non-hydrogen) atoms. The molecule has 4 nitrogen and oxygen atoms in total. The van der Waals surface area contributed by atoms with E-state index in [4.69, 9.17) is 0 Å². The van der Waals surface area contributed by atoms with Gasteiger partial charge in [-0.25, -0.2) is 0 Å². The fraction of sp³-hybridized carbons (Fsp3) is 1.00. The van der Waals surface area contributed by atoms with E-state index in [9.17, 15) is 0 Å². The van der Waals surface area contributed by atoms with E-state index < -0.39 is 0 Å². The van der Waals surface area contributed by atoms with Crippen molar-refractivity contribution in [1.82, 2.24) is 0 Å². The quantitative estimate of drug-likeness (QED) is 0.478. The zero-order valence-corrected chi connectivity index (χ0v) is 7.24. The third kappa shape index (κ3) is 1.44. The van der Waals surface area contributed by atoms with Crippen LogP contribution in [0.5, 0.6) is 0 Å². The molecule has 0 aromatic carbocycles. The Labute approximate surface area is 51.7 Å².